The van der Waals surface area contributed by atoms with E-state index in [1.807, 2.05) is 43.9 Å². The number of aromatic nitrogens is 1. The lowest BCUT2D eigenvalue weighted by atomic mass is 9.98. The van der Waals surface area contributed by atoms with Crippen LogP contribution in [0.5, 0.6) is 0 Å². The van der Waals surface area contributed by atoms with Gasteiger partial charge in [-0.2, -0.15) is 0 Å². The molecule has 1 saturated heterocycles. The lowest BCUT2D eigenvalue weighted by molar-refractivity contribution is 0.00716. The van der Waals surface area contributed by atoms with Crippen molar-refractivity contribution in [2.24, 2.45) is 0 Å². The summed E-state index contributed by atoms with van der Waals surface area (Å²) in [5.41, 5.74) is 6.68. The Morgan fingerprint density at radius 1 is 0.911 bits per heavy atom. The number of esters is 1. The van der Waals surface area contributed by atoms with Crippen molar-refractivity contribution < 1.29 is 19.1 Å². The molecule has 0 atom stereocenters. The molecular formula is C37H42N4O4. The molecule has 8 nitrogen and oxygen atoms in total. The molecule has 0 unspecified atom stereocenters. The first-order chi connectivity index (χ1) is 21.7. The van der Waals surface area contributed by atoms with Gasteiger partial charge < -0.3 is 19.3 Å². The Morgan fingerprint density at radius 2 is 1.58 bits per heavy atom. The van der Waals surface area contributed by atoms with E-state index in [1.54, 1.807) is 12.3 Å². The number of fused-ring (bicyclic) bond motifs is 4. The number of benzene rings is 3. The second-order valence-electron chi connectivity index (χ2n) is 13.0. The molecule has 8 heteroatoms. The van der Waals surface area contributed by atoms with Crippen LogP contribution in [0, 0.1) is 0 Å². The van der Waals surface area contributed by atoms with Crippen LogP contribution < -0.4 is 4.90 Å². The monoisotopic (exact) mass is 606 g/mol. The molecule has 0 radical (unpaired) electrons. The van der Waals surface area contributed by atoms with Gasteiger partial charge in [0.25, 0.3) is 0 Å². The van der Waals surface area contributed by atoms with E-state index in [0.717, 1.165) is 49.2 Å². The number of carbonyl (C=O) groups excluding carboxylic acids is 2. The van der Waals surface area contributed by atoms with E-state index in [9.17, 15) is 9.59 Å². The van der Waals surface area contributed by atoms with Crippen LogP contribution >= 0.6 is 0 Å². The zero-order chi connectivity index (χ0) is 31.6. The van der Waals surface area contributed by atoms with Crippen molar-refractivity contribution in [3.05, 3.63) is 95.7 Å². The first-order valence-electron chi connectivity index (χ1n) is 15.8. The summed E-state index contributed by atoms with van der Waals surface area (Å²) in [6.45, 7) is 10.8. The molecule has 2 aliphatic rings. The predicted molar refractivity (Wildman–Crippen MR) is 178 cm³/mol. The third-order valence-electron chi connectivity index (χ3n) is 8.72. The van der Waals surface area contributed by atoms with E-state index < -0.39 is 5.60 Å². The fourth-order valence-corrected chi connectivity index (χ4v) is 6.38. The Balaban J connectivity index is 0.974. The number of pyridine rings is 1. The molecule has 234 valence electrons. The van der Waals surface area contributed by atoms with E-state index >= 15 is 0 Å². The van der Waals surface area contributed by atoms with Gasteiger partial charge in [0, 0.05) is 63.0 Å². The number of hydrogen-bond donors (Lipinski definition) is 0. The number of amides is 1. The highest BCUT2D eigenvalue weighted by molar-refractivity contribution is 6.04. The topological polar surface area (TPSA) is 75.2 Å². The minimum atomic E-state index is -0.567. The second-order valence-corrected chi connectivity index (χ2v) is 13.0. The van der Waals surface area contributed by atoms with E-state index in [0.29, 0.717) is 25.3 Å². The van der Waals surface area contributed by atoms with Crippen molar-refractivity contribution in [3.8, 4) is 11.1 Å². The molecule has 1 aliphatic heterocycles. The summed E-state index contributed by atoms with van der Waals surface area (Å²) in [5, 5.41) is 0.792. The Bertz CT molecular complexity index is 1640. The van der Waals surface area contributed by atoms with Crippen LogP contribution in [-0.4, -0.2) is 85.4 Å². The summed E-state index contributed by atoms with van der Waals surface area (Å²) < 4.78 is 11.5. The van der Waals surface area contributed by atoms with Crippen molar-refractivity contribution in [2.75, 3.05) is 57.8 Å². The van der Waals surface area contributed by atoms with Crippen molar-refractivity contribution in [3.63, 3.8) is 0 Å². The number of piperazine rings is 1. The highest BCUT2D eigenvalue weighted by atomic mass is 16.6. The van der Waals surface area contributed by atoms with Crippen molar-refractivity contribution in [1.82, 2.24) is 14.8 Å². The maximum Gasteiger partial charge on any atom is 0.409 e. The number of hydrogen-bond acceptors (Lipinski definition) is 7. The zero-order valence-electron chi connectivity index (χ0n) is 26.7. The highest BCUT2D eigenvalue weighted by Crippen LogP contribution is 2.44. The van der Waals surface area contributed by atoms with Crippen LogP contribution in [0.1, 0.15) is 54.6 Å². The summed E-state index contributed by atoms with van der Waals surface area (Å²) in [6.07, 6.45) is 2.40. The van der Waals surface area contributed by atoms with Gasteiger partial charge in [0.15, 0.2) is 0 Å². The lowest BCUT2D eigenvalue weighted by Crippen LogP contribution is -2.49. The van der Waals surface area contributed by atoms with Crippen LogP contribution in [-0.2, 0) is 9.47 Å². The molecule has 0 N–H and O–H groups in total. The van der Waals surface area contributed by atoms with Gasteiger partial charge in [0.2, 0.25) is 0 Å². The van der Waals surface area contributed by atoms with Crippen LogP contribution in [0.15, 0.2) is 79.0 Å². The van der Waals surface area contributed by atoms with Gasteiger partial charge >= 0.3 is 12.1 Å². The summed E-state index contributed by atoms with van der Waals surface area (Å²) in [4.78, 5) is 36.8. The van der Waals surface area contributed by atoms with Crippen molar-refractivity contribution >= 4 is 28.7 Å². The Morgan fingerprint density at radius 3 is 2.24 bits per heavy atom. The molecule has 4 aromatic rings. The molecule has 3 aromatic carbocycles. The SMILES string of the molecule is CN(CCCN1CCN(C(=O)OCC2c3ccccc3-c3ccccc32)CC1)c1ccc2nccc(C(=O)OC(C)(C)C)c2c1. The van der Waals surface area contributed by atoms with Gasteiger partial charge in [0.1, 0.15) is 12.2 Å². The predicted octanol–water partition coefficient (Wildman–Crippen LogP) is 6.58. The smallest absolute Gasteiger partial charge is 0.409 e. The standard InChI is InChI=1S/C37H42N4O4/c1-37(2,3)45-35(42)31-16-17-38-34-15-14-26(24-32(31)34)39(4)18-9-19-40-20-22-41(23-21-40)36(43)44-25-33-29-12-7-5-10-27(29)28-11-6-8-13-30(28)33/h5-8,10-17,24,33H,9,18-23,25H2,1-4H3. The molecule has 0 spiro atoms. The molecule has 1 aliphatic carbocycles. The van der Waals surface area contributed by atoms with Gasteiger partial charge in [-0.25, -0.2) is 9.59 Å². The Kier molecular flexibility index (Phi) is 8.76. The molecular weight excluding hydrogens is 564 g/mol. The quantitative estimate of drug-likeness (QED) is 0.210. The fraction of sp³-hybridized carbons (Fsp3) is 0.378. The minimum Gasteiger partial charge on any atom is -0.456 e. The highest BCUT2D eigenvalue weighted by Gasteiger charge is 2.30. The van der Waals surface area contributed by atoms with Gasteiger partial charge in [-0.05, 0) is 80.3 Å². The van der Waals surface area contributed by atoms with E-state index in [2.05, 4.69) is 70.4 Å². The van der Waals surface area contributed by atoms with Crippen molar-refractivity contribution in [1.29, 1.82) is 0 Å². The molecule has 0 saturated carbocycles. The normalized spacial score (nSPS) is 15.1. The number of carbonyl (C=O) groups is 2. The molecule has 45 heavy (non-hydrogen) atoms. The van der Waals surface area contributed by atoms with E-state index in [1.165, 1.54) is 22.3 Å². The first kappa shape index (κ1) is 30.6. The molecule has 0 bridgehead atoms. The number of nitrogens with zero attached hydrogens (tertiary/aromatic N) is 4. The second kappa shape index (κ2) is 12.9. The molecule has 1 amide bonds. The maximum absolute atomic E-state index is 13.0. The molecule has 1 fully saturated rings. The molecule has 6 rings (SSSR count). The van der Waals surface area contributed by atoms with Gasteiger partial charge in [-0.3, -0.25) is 9.88 Å². The summed E-state index contributed by atoms with van der Waals surface area (Å²) in [6, 6.07) is 24.6. The minimum absolute atomic E-state index is 0.0717. The Labute approximate surface area is 265 Å². The number of anilines is 1. The lowest BCUT2D eigenvalue weighted by Gasteiger charge is -2.34. The van der Waals surface area contributed by atoms with Gasteiger partial charge in [-0.1, -0.05) is 48.5 Å². The van der Waals surface area contributed by atoms with Crippen LogP contribution in [0.25, 0.3) is 22.0 Å². The maximum atomic E-state index is 13.0. The number of ether oxygens (including phenoxy) is 2. The first-order valence-corrected chi connectivity index (χ1v) is 15.8. The fourth-order valence-electron chi connectivity index (χ4n) is 6.38. The zero-order valence-corrected chi connectivity index (χ0v) is 26.7. The molecule has 2 heterocycles. The van der Waals surface area contributed by atoms with Gasteiger partial charge in [0.05, 0.1) is 11.1 Å². The van der Waals surface area contributed by atoms with Crippen LogP contribution in [0.3, 0.4) is 0 Å². The average molecular weight is 607 g/mol. The van der Waals surface area contributed by atoms with E-state index in [4.69, 9.17) is 9.47 Å². The van der Waals surface area contributed by atoms with Gasteiger partial charge in [-0.15, -0.1) is 0 Å². The third kappa shape index (κ3) is 6.81. The summed E-state index contributed by atoms with van der Waals surface area (Å²) in [5.74, 6) is -0.269. The largest absolute Gasteiger partial charge is 0.456 e. The third-order valence-corrected chi connectivity index (χ3v) is 8.72. The summed E-state index contributed by atoms with van der Waals surface area (Å²) in [7, 11) is 2.07. The van der Waals surface area contributed by atoms with Crippen LogP contribution in [0.4, 0.5) is 10.5 Å². The Hall–Kier alpha value is -4.43. The molecule has 1 aromatic heterocycles. The van der Waals surface area contributed by atoms with Crippen molar-refractivity contribution in [2.45, 2.75) is 38.7 Å². The number of rotatable bonds is 8. The van der Waals surface area contributed by atoms with Crippen LogP contribution in [0.2, 0.25) is 0 Å². The van der Waals surface area contributed by atoms with E-state index in [-0.39, 0.29) is 18.0 Å². The average Bonchev–Trinajstić information content (AvgIpc) is 3.36. The summed E-state index contributed by atoms with van der Waals surface area (Å²) >= 11 is 0.